The van der Waals surface area contributed by atoms with Crippen LogP contribution in [0.1, 0.15) is 57.5 Å². The van der Waals surface area contributed by atoms with Crippen LogP contribution in [0.15, 0.2) is 42.5 Å². The summed E-state index contributed by atoms with van der Waals surface area (Å²) in [5.74, 6) is 2.43. The molecule has 6 rings (SSSR count). The van der Waals surface area contributed by atoms with Crippen molar-refractivity contribution in [1.29, 1.82) is 0 Å². The predicted molar refractivity (Wildman–Crippen MR) is 144 cm³/mol. The van der Waals surface area contributed by atoms with Crippen molar-refractivity contribution in [3.05, 3.63) is 58.7 Å². The van der Waals surface area contributed by atoms with E-state index in [1.807, 2.05) is 29.2 Å². The van der Waals surface area contributed by atoms with E-state index in [2.05, 4.69) is 5.32 Å². The minimum Gasteiger partial charge on any atom is -0.497 e. The number of methoxy groups -OCH3 is 1. The number of hydrogen-bond acceptors (Lipinski definition) is 7. The van der Waals surface area contributed by atoms with Crippen LogP contribution in [0.25, 0.3) is 10.4 Å². The molecule has 2 aliphatic carbocycles. The van der Waals surface area contributed by atoms with Gasteiger partial charge in [0.2, 0.25) is 0 Å². The number of carbonyl (C=O) groups excluding carboxylic acids is 2. The van der Waals surface area contributed by atoms with Crippen LogP contribution < -0.4 is 19.5 Å². The van der Waals surface area contributed by atoms with E-state index in [0.29, 0.717) is 67.4 Å². The molecule has 2 heterocycles. The number of carbonyl (C=O) groups is 2. The largest absolute Gasteiger partial charge is 0.497 e. The summed E-state index contributed by atoms with van der Waals surface area (Å²) in [4.78, 5) is 34.5. The number of thiazole rings is 1. The highest BCUT2D eigenvalue weighted by Gasteiger charge is 2.33. The molecule has 0 unspecified atom stereocenters. The zero-order valence-electron chi connectivity index (χ0n) is 21.4. The number of amides is 2. The highest BCUT2D eigenvalue weighted by atomic mass is 32.1. The lowest BCUT2D eigenvalue weighted by molar-refractivity contribution is 0.0736. The van der Waals surface area contributed by atoms with Crippen molar-refractivity contribution in [3.8, 4) is 27.7 Å². The van der Waals surface area contributed by atoms with E-state index in [-0.39, 0.29) is 11.8 Å². The summed E-state index contributed by atoms with van der Waals surface area (Å²) in [5, 5.41) is 4.00. The Morgan fingerprint density at radius 2 is 1.92 bits per heavy atom. The van der Waals surface area contributed by atoms with E-state index < -0.39 is 0 Å². The third kappa shape index (κ3) is 5.34. The first-order chi connectivity index (χ1) is 18.6. The minimum absolute atomic E-state index is 0.0825. The van der Waals surface area contributed by atoms with Crippen molar-refractivity contribution in [2.45, 2.75) is 31.6 Å². The predicted octanol–water partition coefficient (Wildman–Crippen LogP) is 4.75. The van der Waals surface area contributed by atoms with Crippen LogP contribution in [0.3, 0.4) is 0 Å². The molecule has 2 aromatic carbocycles. The molecule has 8 nitrogen and oxygen atoms in total. The number of benzene rings is 2. The Balaban J connectivity index is 1.20. The number of rotatable bonds is 10. The molecule has 3 aromatic rings. The molecule has 0 spiro atoms. The Bertz CT molecular complexity index is 1350. The summed E-state index contributed by atoms with van der Waals surface area (Å²) in [6.45, 7) is 2.28. The molecule has 2 saturated carbocycles. The van der Waals surface area contributed by atoms with Gasteiger partial charge in [-0.25, -0.2) is 4.98 Å². The summed E-state index contributed by atoms with van der Waals surface area (Å²) in [7, 11) is 1.64. The minimum atomic E-state index is -0.243. The molecular formula is C29H31N3O5S. The van der Waals surface area contributed by atoms with Crippen LogP contribution in [0.4, 0.5) is 0 Å². The van der Waals surface area contributed by atoms with Gasteiger partial charge in [0.05, 0.1) is 22.6 Å². The molecule has 38 heavy (non-hydrogen) atoms. The van der Waals surface area contributed by atoms with Gasteiger partial charge in [0.25, 0.3) is 11.8 Å². The first kappa shape index (κ1) is 24.7. The fraction of sp³-hybridized carbons (Fsp3) is 0.414. The summed E-state index contributed by atoms with van der Waals surface area (Å²) in [6, 6.07) is 13.1. The number of nitrogens with zero attached hydrogens (tertiary/aromatic N) is 2. The molecule has 9 heteroatoms. The number of para-hydroxylation sites is 1. The van der Waals surface area contributed by atoms with Gasteiger partial charge in [-0.2, -0.15) is 0 Å². The SMILES string of the molecule is COc1cccc(-c2sc(C3CC3)nc2C(=O)N(CCNC(=O)c2cccc3c2OCCO3)CC2CC2)c1. The number of ether oxygens (including phenoxy) is 3. The van der Waals surface area contributed by atoms with Crippen LogP contribution in [-0.2, 0) is 0 Å². The highest BCUT2D eigenvalue weighted by molar-refractivity contribution is 7.15. The van der Waals surface area contributed by atoms with Gasteiger partial charge in [0, 0.05) is 25.6 Å². The van der Waals surface area contributed by atoms with Crippen LogP contribution >= 0.6 is 11.3 Å². The third-order valence-electron chi connectivity index (χ3n) is 7.05. The normalized spacial score (nSPS) is 16.1. The number of fused-ring (bicyclic) bond motifs is 1. The first-order valence-corrected chi connectivity index (χ1v) is 14.0. The first-order valence-electron chi connectivity index (χ1n) is 13.2. The molecule has 1 aromatic heterocycles. The molecule has 1 aliphatic heterocycles. The average molecular weight is 534 g/mol. The fourth-order valence-corrected chi connectivity index (χ4v) is 5.86. The van der Waals surface area contributed by atoms with E-state index in [4.69, 9.17) is 19.2 Å². The van der Waals surface area contributed by atoms with Crippen molar-refractivity contribution in [1.82, 2.24) is 15.2 Å². The van der Waals surface area contributed by atoms with E-state index in [9.17, 15) is 9.59 Å². The molecule has 1 N–H and O–H groups in total. The molecule has 3 aliphatic rings. The van der Waals surface area contributed by atoms with Crippen molar-refractivity contribution < 1.29 is 23.8 Å². The molecule has 0 atom stereocenters. The number of hydrogen-bond donors (Lipinski definition) is 1. The van der Waals surface area contributed by atoms with Gasteiger partial charge in [-0.1, -0.05) is 18.2 Å². The molecule has 2 amide bonds. The van der Waals surface area contributed by atoms with Crippen LogP contribution in [0.5, 0.6) is 17.2 Å². The van der Waals surface area contributed by atoms with Gasteiger partial charge in [-0.15, -0.1) is 11.3 Å². The standard InChI is InChI=1S/C29H31N3O5S/c1-35-21-5-2-4-20(16-21)26-24(31-28(38-26)19-10-11-19)29(34)32(17-18-8-9-18)13-12-30-27(33)22-6-3-7-23-25(22)37-15-14-36-23/h2-7,16,18-19H,8-15,17H2,1H3,(H,30,33). The van der Waals surface area contributed by atoms with Crippen LogP contribution in [0, 0.1) is 5.92 Å². The van der Waals surface area contributed by atoms with Gasteiger partial charge < -0.3 is 24.4 Å². The van der Waals surface area contributed by atoms with Gasteiger partial charge >= 0.3 is 0 Å². The van der Waals surface area contributed by atoms with Crippen molar-refractivity contribution in [2.24, 2.45) is 5.92 Å². The van der Waals surface area contributed by atoms with Gasteiger partial charge in [-0.05, 0) is 61.4 Å². The maximum absolute atomic E-state index is 13.9. The Kier molecular flexibility index (Phi) is 6.93. The summed E-state index contributed by atoms with van der Waals surface area (Å²) in [5.41, 5.74) is 1.88. The van der Waals surface area contributed by atoms with E-state index >= 15 is 0 Å². The lowest BCUT2D eigenvalue weighted by Crippen LogP contribution is -2.40. The van der Waals surface area contributed by atoms with E-state index in [1.165, 1.54) is 0 Å². The van der Waals surface area contributed by atoms with Gasteiger partial charge in [0.15, 0.2) is 11.5 Å². The maximum atomic E-state index is 13.9. The fourth-order valence-electron chi connectivity index (χ4n) is 4.64. The molecule has 2 fully saturated rings. The Morgan fingerprint density at radius 3 is 2.71 bits per heavy atom. The summed E-state index contributed by atoms with van der Waals surface area (Å²) < 4.78 is 16.7. The zero-order valence-corrected chi connectivity index (χ0v) is 22.2. The number of aromatic nitrogens is 1. The van der Waals surface area contributed by atoms with Crippen molar-refractivity contribution in [3.63, 3.8) is 0 Å². The summed E-state index contributed by atoms with van der Waals surface area (Å²) in [6.07, 6.45) is 4.48. The molecule has 198 valence electrons. The van der Waals surface area contributed by atoms with Gasteiger partial charge in [-0.3, -0.25) is 9.59 Å². The maximum Gasteiger partial charge on any atom is 0.274 e. The molecule has 0 saturated heterocycles. The molecule has 0 bridgehead atoms. The smallest absolute Gasteiger partial charge is 0.274 e. The topological polar surface area (TPSA) is 90.0 Å². The molecule has 0 radical (unpaired) electrons. The van der Waals surface area contributed by atoms with E-state index in [1.54, 1.807) is 36.6 Å². The van der Waals surface area contributed by atoms with Crippen LogP contribution in [-0.4, -0.2) is 61.7 Å². The lowest BCUT2D eigenvalue weighted by atomic mass is 10.1. The van der Waals surface area contributed by atoms with Crippen molar-refractivity contribution in [2.75, 3.05) is 40.0 Å². The lowest BCUT2D eigenvalue weighted by Gasteiger charge is -2.23. The van der Waals surface area contributed by atoms with Crippen LogP contribution in [0.2, 0.25) is 0 Å². The second kappa shape index (κ2) is 10.6. The third-order valence-corrected chi connectivity index (χ3v) is 8.31. The Morgan fingerprint density at radius 1 is 1.11 bits per heavy atom. The molecular weight excluding hydrogens is 502 g/mol. The highest BCUT2D eigenvalue weighted by Crippen LogP contribution is 2.45. The summed E-state index contributed by atoms with van der Waals surface area (Å²) >= 11 is 1.61. The monoisotopic (exact) mass is 533 g/mol. The van der Waals surface area contributed by atoms with Crippen molar-refractivity contribution >= 4 is 23.2 Å². The van der Waals surface area contributed by atoms with E-state index in [0.717, 1.165) is 46.9 Å². The quantitative estimate of drug-likeness (QED) is 0.405. The second-order valence-electron chi connectivity index (χ2n) is 10.0. The average Bonchev–Trinajstić information content (AvgIpc) is 3.90. The zero-order chi connectivity index (χ0) is 26.1. The Labute approximate surface area is 225 Å². The van der Waals surface area contributed by atoms with Gasteiger partial charge in [0.1, 0.15) is 24.7 Å². The second-order valence-corrected chi connectivity index (χ2v) is 11.0. The Hall–Kier alpha value is -3.59. The number of nitrogens with one attached hydrogen (secondary N) is 1.